The molecule has 104 valence electrons. The van der Waals surface area contributed by atoms with Gasteiger partial charge in [0.2, 0.25) is 0 Å². The van der Waals surface area contributed by atoms with Crippen molar-refractivity contribution in [2.45, 2.75) is 40.0 Å². The molecular weight excluding hydrogens is 232 g/mol. The summed E-state index contributed by atoms with van der Waals surface area (Å²) < 4.78 is 0. The number of benzene rings is 1. The third-order valence-corrected chi connectivity index (χ3v) is 4.81. The summed E-state index contributed by atoms with van der Waals surface area (Å²) in [7, 11) is 0. The summed E-state index contributed by atoms with van der Waals surface area (Å²) in [5.74, 6) is 0.821. The Bertz CT molecular complexity index is 459. The molecule has 2 aliphatic heterocycles. The van der Waals surface area contributed by atoms with E-state index >= 15 is 0 Å². The zero-order chi connectivity index (χ0) is 13.5. The first-order valence-electron chi connectivity index (χ1n) is 7.66. The van der Waals surface area contributed by atoms with Gasteiger partial charge < -0.3 is 10.2 Å². The van der Waals surface area contributed by atoms with Crippen molar-refractivity contribution in [3.63, 3.8) is 0 Å². The minimum absolute atomic E-state index is 0.435. The van der Waals surface area contributed by atoms with E-state index in [0.717, 1.165) is 12.5 Å². The molecule has 0 aliphatic carbocycles. The molecule has 0 radical (unpaired) electrons. The van der Waals surface area contributed by atoms with Gasteiger partial charge in [-0.15, -0.1) is 0 Å². The highest BCUT2D eigenvalue weighted by molar-refractivity contribution is 5.62. The summed E-state index contributed by atoms with van der Waals surface area (Å²) in [5, 5.41) is 3.49. The molecule has 0 bridgehead atoms. The molecule has 0 amide bonds. The number of hydrogen-bond donors (Lipinski definition) is 1. The van der Waals surface area contributed by atoms with Crippen LogP contribution < -0.4 is 10.2 Å². The highest BCUT2D eigenvalue weighted by Crippen LogP contribution is 2.36. The predicted octanol–water partition coefficient (Wildman–Crippen LogP) is 3.92. The molecule has 0 aromatic heterocycles. The Hall–Kier alpha value is -1.18. The van der Waals surface area contributed by atoms with Crippen molar-refractivity contribution in [2.24, 2.45) is 11.3 Å². The smallest absolute Gasteiger partial charge is 0.0374 e. The zero-order valence-corrected chi connectivity index (χ0v) is 12.5. The SMILES string of the molecule is CC(C)(C)C1CCN(c2ccc3c(c2)CCCN3)C1. The van der Waals surface area contributed by atoms with Crippen LogP contribution in [-0.2, 0) is 6.42 Å². The molecule has 1 N–H and O–H groups in total. The maximum absolute atomic E-state index is 3.49. The maximum Gasteiger partial charge on any atom is 0.0374 e. The molecular formula is C17H26N2. The molecule has 0 saturated carbocycles. The van der Waals surface area contributed by atoms with Crippen molar-refractivity contribution >= 4 is 11.4 Å². The first-order chi connectivity index (χ1) is 9.04. The minimum atomic E-state index is 0.435. The molecule has 1 aromatic rings. The molecule has 19 heavy (non-hydrogen) atoms. The Balaban J connectivity index is 1.77. The van der Waals surface area contributed by atoms with Crippen molar-refractivity contribution in [3.8, 4) is 0 Å². The van der Waals surface area contributed by atoms with Crippen molar-refractivity contribution in [1.82, 2.24) is 0 Å². The van der Waals surface area contributed by atoms with E-state index in [4.69, 9.17) is 0 Å². The van der Waals surface area contributed by atoms with E-state index in [0.29, 0.717) is 5.41 Å². The van der Waals surface area contributed by atoms with Gasteiger partial charge in [0.25, 0.3) is 0 Å². The fourth-order valence-electron chi connectivity index (χ4n) is 3.36. The van der Waals surface area contributed by atoms with E-state index in [1.807, 2.05) is 0 Å². The predicted molar refractivity (Wildman–Crippen MR) is 83.0 cm³/mol. The van der Waals surface area contributed by atoms with Gasteiger partial charge in [0.1, 0.15) is 0 Å². The van der Waals surface area contributed by atoms with Crippen LogP contribution in [0, 0.1) is 11.3 Å². The lowest BCUT2D eigenvalue weighted by Crippen LogP contribution is -2.26. The summed E-state index contributed by atoms with van der Waals surface area (Å²) in [6, 6.07) is 6.98. The first-order valence-corrected chi connectivity index (χ1v) is 7.66. The van der Waals surface area contributed by atoms with Gasteiger partial charge in [0.15, 0.2) is 0 Å². The second-order valence-electron chi connectivity index (χ2n) is 7.17. The Labute approximate surface area is 117 Å². The summed E-state index contributed by atoms with van der Waals surface area (Å²) in [4.78, 5) is 2.57. The second-order valence-corrected chi connectivity index (χ2v) is 7.17. The van der Waals surface area contributed by atoms with Gasteiger partial charge in [-0.05, 0) is 54.4 Å². The summed E-state index contributed by atoms with van der Waals surface area (Å²) >= 11 is 0. The molecule has 2 aliphatic rings. The third-order valence-electron chi connectivity index (χ3n) is 4.81. The summed E-state index contributed by atoms with van der Waals surface area (Å²) in [5.41, 5.74) is 4.71. The number of nitrogens with one attached hydrogen (secondary N) is 1. The molecule has 0 spiro atoms. The van der Waals surface area contributed by atoms with Crippen LogP contribution in [0.3, 0.4) is 0 Å². The average molecular weight is 258 g/mol. The molecule has 1 saturated heterocycles. The average Bonchev–Trinajstić information content (AvgIpc) is 2.87. The second kappa shape index (κ2) is 4.73. The van der Waals surface area contributed by atoms with E-state index in [1.54, 1.807) is 0 Å². The number of rotatable bonds is 1. The molecule has 3 rings (SSSR count). The van der Waals surface area contributed by atoms with Gasteiger partial charge >= 0.3 is 0 Å². The van der Waals surface area contributed by atoms with Crippen LogP contribution in [-0.4, -0.2) is 19.6 Å². The minimum Gasteiger partial charge on any atom is -0.385 e. The number of anilines is 2. The Morgan fingerprint density at radius 3 is 2.84 bits per heavy atom. The standard InChI is InChI=1S/C17H26N2/c1-17(2,3)14-8-10-19(12-14)15-6-7-16-13(11-15)5-4-9-18-16/h6-7,11,14,18H,4-5,8-10,12H2,1-3H3. The van der Waals surface area contributed by atoms with Gasteiger partial charge in [-0.2, -0.15) is 0 Å². The van der Waals surface area contributed by atoms with E-state index in [-0.39, 0.29) is 0 Å². The van der Waals surface area contributed by atoms with E-state index in [2.05, 4.69) is 49.2 Å². The molecule has 1 fully saturated rings. The number of aryl methyl sites for hydroxylation is 1. The van der Waals surface area contributed by atoms with Crippen LogP contribution in [0.1, 0.15) is 39.2 Å². The van der Waals surface area contributed by atoms with E-state index < -0.39 is 0 Å². The fourth-order valence-corrected chi connectivity index (χ4v) is 3.36. The van der Waals surface area contributed by atoms with Crippen molar-refractivity contribution < 1.29 is 0 Å². The van der Waals surface area contributed by atoms with Gasteiger partial charge in [-0.1, -0.05) is 20.8 Å². The van der Waals surface area contributed by atoms with E-state index in [9.17, 15) is 0 Å². The van der Waals surface area contributed by atoms with Gasteiger partial charge in [-0.3, -0.25) is 0 Å². The largest absolute Gasteiger partial charge is 0.385 e. The molecule has 1 atom stereocenters. The van der Waals surface area contributed by atoms with Crippen molar-refractivity contribution in [2.75, 3.05) is 29.9 Å². The van der Waals surface area contributed by atoms with Crippen LogP contribution in [0.5, 0.6) is 0 Å². The van der Waals surface area contributed by atoms with Crippen LogP contribution in [0.25, 0.3) is 0 Å². The van der Waals surface area contributed by atoms with Gasteiger partial charge in [-0.25, -0.2) is 0 Å². The molecule has 2 nitrogen and oxygen atoms in total. The Morgan fingerprint density at radius 1 is 1.26 bits per heavy atom. The third kappa shape index (κ3) is 2.58. The first kappa shape index (κ1) is 12.8. The van der Waals surface area contributed by atoms with Gasteiger partial charge in [0, 0.05) is 31.0 Å². The lowest BCUT2D eigenvalue weighted by atomic mass is 9.80. The maximum atomic E-state index is 3.49. The number of nitrogens with zero attached hydrogens (tertiary/aromatic N) is 1. The zero-order valence-electron chi connectivity index (χ0n) is 12.5. The van der Waals surface area contributed by atoms with E-state index in [1.165, 1.54) is 49.3 Å². The summed E-state index contributed by atoms with van der Waals surface area (Å²) in [6.45, 7) is 10.7. The Morgan fingerprint density at radius 2 is 2.11 bits per heavy atom. The monoisotopic (exact) mass is 258 g/mol. The number of fused-ring (bicyclic) bond motifs is 1. The Kier molecular flexibility index (Phi) is 3.20. The highest BCUT2D eigenvalue weighted by Gasteiger charge is 2.31. The normalized spacial score (nSPS) is 23.1. The van der Waals surface area contributed by atoms with Crippen molar-refractivity contribution in [3.05, 3.63) is 23.8 Å². The van der Waals surface area contributed by atoms with Gasteiger partial charge in [0.05, 0.1) is 0 Å². The van der Waals surface area contributed by atoms with Crippen molar-refractivity contribution in [1.29, 1.82) is 0 Å². The highest BCUT2D eigenvalue weighted by atomic mass is 15.2. The summed E-state index contributed by atoms with van der Waals surface area (Å²) in [6.07, 6.45) is 3.83. The van der Waals surface area contributed by atoms with Crippen LogP contribution in [0.15, 0.2) is 18.2 Å². The van der Waals surface area contributed by atoms with Crippen LogP contribution in [0.4, 0.5) is 11.4 Å². The van der Waals surface area contributed by atoms with Crippen LogP contribution >= 0.6 is 0 Å². The molecule has 1 unspecified atom stereocenters. The lowest BCUT2D eigenvalue weighted by molar-refractivity contribution is 0.263. The number of hydrogen-bond acceptors (Lipinski definition) is 2. The quantitative estimate of drug-likeness (QED) is 0.821. The fraction of sp³-hybridized carbons (Fsp3) is 0.647. The molecule has 2 heteroatoms. The molecule has 2 heterocycles. The molecule has 1 aromatic carbocycles. The lowest BCUT2D eigenvalue weighted by Gasteiger charge is -2.28. The topological polar surface area (TPSA) is 15.3 Å². The van der Waals surface area contributed by atoms with Crippen LogP contribution in [0.2, 0.25) is 0 Å².